The topological polar surface area (TPSA) is 49.8 Å². The Balaban J connectivity index is 2.11. The molecule has 2 rings (SSSR count). The molecule has 0 radical (unpaired) electrons. The van der Waals surface area contributed by atoms with Gasteiger partial charge in [-0.2, -0.15) is 0 Å². The molecule has 1 amide bonds. The van der Waals surface area contributed by atoms with Crippen LogP contribution in [0.15, 0.2) is 36.4 Å². The Kier molecular flexibility index (Phi) is 5.65. The predicted molar refractivity (Wildman–Crippen MR) is 84.6 cm³/mol. The van der Waals surface area contributed by atoms with Gasteiger partial charge in [0.05, 0.1) is 17.6 Å². The first-order chi connectivity index (χ1) is 10.5. The number of halogens is 1. The zero-order chi connectivity index (χ0) is 16.1. The summed E-state index contributed by atoms with van der Waals surface area (Å²) in [6.45, 7) is 0.349. The van der Waals surface area contributed by atoms with Crippen LogP contribution in [0.1, 0.15) is 9.67 Å². The van der Waals surface area contributed by atoms with Gasteiger partial charge < -0.3 is 14.7 Å². The highest BCUT2D eigenvalue weighted by Gasteiger charge is 2.18. The van der Waals surface area contributed by atoms with Crippen LogP contribution in [-0.2, 0) is 4.74 Å². The number of rotatable bonds is 6. The van der Waals surface area contributed by atoms with E-state index >= 15 is 0 Å². The minimum Gasteiger partial charge on any atom is -0.389 e. The highest BCUT2D eigenvalue weighted by atomic mass is 32.1. The van der Waals surface area contributed by atoms with E-state index in [0.29, 0.717) is 15.3 Å². The van der Waals surface area contributed by atoms with Gasteiger partial charge in [-0.05, 0) is 18.2 Å². The first-order valence-electron chi connectivity index (χ1n) is 6.80. The first kappa shape index (κ1) is 16.6. The maximum Gasteiger partial charge on any atom is 0.263 e. The third-order valence-corrected chi connectivity index (χ3v) is 4.25. The second-order valence-electron chi connectivity index (χ2n) is 4.94. The molecule has 1 aromatic heterocycles. The van der Waals surface area contributed by atoms with Gasteiger partial charge in [0, 0.05) is 31.1 Å². The standard InChI is InChI=1S/C16H18FNO3S/c1-18(9-11(19)10-21-2)16(20)15-8-7-14(22-15)12-5-3-4-6-13(12)17/h3-8,11,19H,9-10H2,1-2H3. The molecule has 2 aromatic rings. The highest BCUT2D eigenvalue weighted by Crippen LogP contribution is 2.30. The molecule has 0 bridgehead atoms. The normalized spacial score (nSPS) is 12.2. The fourth-order valence-electron chi connectivity index (χ4n) is 2.09. The maximum atomic E-state index is 13.8. The molecule has 6 heteroatoms. The molecule has 0 spiro atoms. The van der Waals surface area contributed by atoms with Crippen LogP contribution in [0.25, 0.3) is 10.4 Å². The molecule has 118 valence electrons. The van der Waals surface area contributed by atoms with Gasteiger partial charge in [-0.25, -0.2) is 4.39 Å². The van der Waals surface area contributed by atoms with E-state index in [0.717, 1.165) is 0 Å². The molecular formula is C16H18FNO3S. The lowest BCUT2D eigenvalue weighted by molar-refractivity contribution is 0.0382. The number of likely N-dealkylation sites (N-methyl/N-ethyl adjacent to an activating group) is 1. The Hall–Kier alpha value is -1.76. The lowest BCUT2D eigenvalue weighted by atomic mass is 10.2. The number of aliphatic hydroxyl groups excluding tert-OH is 1. The molecule has 1 N–H and O–H groups in total. The van der Waals surface area contributed by atoms with Crippen molar-refractivity contribution in [1.82, 2.24) is 4.90 Å². The largest absolute Gasteiger partial charge is 0.389 e. The Morgan fingerprint density at radius 1 is 1.36 bits per heavy atom. The van der Waals surface area contributed by atoms with Crippen molar-refractivity contribution in [1.29, 1.82) is 0 Å². The van der Waals surface area contributed by atoms with Crippen molar-refractivity contribution >= 4 is 17.2 Å². The van der Waals surface area contributed by atoms with Gasteiger partial charge in [0.2, 0.25) is 0 Å². The monoisotopic (exact) mass is 323 g/mol. The van der Waals surface area contributed by atoms with Gasteiger partial charge >= 0.3 is 0 Å². The smallest absolute Gasteiger partial charge is 0.263 e. The summed E-state index contributed by atoms with van der Waals surface area (Å²) < 4.78 is 18.6. The Labute approximate surface area is 132 Å². The third-order valence-electron chi connectivity index (χ3n) is 3.15. The van der Waals surface area contributed by atoms with Crippen LogP contribution in [0.2, 0.25) is 0 Å². The minimum absolute atomic E-state index is 0.169. The molecule has 0 aliphatic heterocycles. The Morgan fingerprint density at radius 3 is 2.77 bits per heavy atom. The number of carbonyl (C=O) groups is 1. The summed E-state index contributed by atoms with van der Waals surface area (Å²) in [5, 5.41) is 9.67. The molecule has 1 heterocycles. The molecule has 1 unspecified atom stereocenters. The van der Waals surface area contributed by atoms with Gasteiger partial charge in [0.1, 0.15) is 5.82 Å². The van der Waals surface area contributed by atoms with E-state index in [1.807, 2.05) is 0 Å². The van der Waals surface area contributed by atoms with Crippen LogP contribution in [0.4, 0.5) is 4.39 Å². The van der Waals surface area contributed by atoms with Gasteiger partial charge in [0.25, 0.3) is 5.91 Å². The molecule has 0 aliphatic carbocycles. The molecule has 0 saturated heterocycles. The molecule has 1 aromatic carbocycles. The number of amides is 1. The van der Waals surface area contributed by atoms with Crippen LogP contribution in [0, 0.1) is 5.82 Å². The van der Waals surface area contributed by atoms with Crippen molar-refractivity contribution in [3.05, 3.63) is 47.1 Å². The van der Waals surface area contributed by atoms with Gasteiger partial charge in [-0.15, -0.1) is 11.3 Å². The second kappa shape index (κ2) is 7.49. The summed E-state index contributed by atoms with van der Waals surface area (Å²) >= 11 is 1.23. The third kappa shape index (κ3) is 3.91. The number of hydrogen-bond donors (Lipinski definition) is 1. The highest BCUT2D eigenvalue weighted by molar-refractivity contribution is 7.17. The first-order valence-corrected chi connectivity index (χ1v) is 7.61. The summed E-state index contributed by atoms with van der Waals surface area (Å²) in [4.78, 5) is 14.9. The SMILES string of the molecule is COCC(O)CN(C)C(=O)c1ccc(-c2ccccc2F)s1. The van der Waals surface area contributed by atoms with E-state index < -0.39 is 6.10 Å². The van der Waals surface area contributed by atoms with E-state index in [-0.39, 0.29) is 24.9 Å². The van der Waals surface area contributed by atoms with Crippen molar-refractivity contribution in [2.75, 3.05) is 27.3 Å². The number of thiophene rings is 1. The number of nitrogens with zero attached hydrogens (tertiary/aromatic N) is 1. The number of hydrogen-bond acceptors (Lipinski definition) is 4. The van der Waals surface area contributed by atoms with Crippen molar-refractivity contribution in [2.45, 2.75) is 6.10 Å². The van der Waals surface area contributed by atoms with Gasteiger partial charge in [-0.3, -0.25) is 4.79 Å². The van der Waals surface area contributed by atoms with E-state index in [4.69, 9.17) is 4.74 Å². The van der Waals surface area contributed by atoms with Crippen LogP contribution >= 0.6 is 11.3 Å². The van der Waals surface area contributed by atoms with E-state index in [2.05, 4.69) is 0 Å². The number of methoxy groups -OCH3 is 1. The number of benzene rings is 1. The predicted octanol–water partition coefficient (Wildman–Crippen LogP) is 2.63. The molecule has 0 aliphatic rings. The Morgan fingerprint density at radius 2 is 2.09 bits per heavy atom. The summed E-state index contributed by atoms with van der Waals surface area (Å²) in [6.07, 6.45) is -0.732. The minimum atomic E-state index is -0.732. The molecular weight excluding hydrogens is 305 g/mol. The zero-order valence-electron chi connectivity index (χ0n) is 12.5. The van der Waals surface area contributed by atoms with Crippen LogP contribution in [0.5, 0.6) is 0 Å². The zero-order valence-corrected chi connectivity index (χ0v) is 13.3. The van der Waals surface area contributed by atoms with Crippen LogP contribution < -0.4 is 0 Å². The molecule has 22 heavy (non-hydrogen) atoms. The lowest BCUT2D eigenvalue weighted by Gasteiger charge is -2.19. The quantitative estimate of drug-likeness (QED) is 0.889. The molecule has 0 saturated carbocycles. The van der Waals surface area contributed by atoms with Gasteiger partial charge in [0.15, 0.2) is 0 Å². The number of carbonyl (C=O) groups excluding carboxylic acids is 1. The fraction of sp³-hybridized carbons (Fsp3) is 0.312. The van der Waals surface area contributed by atoms with Crippen LogP contribution in [0.3, 0.4) is 0 Å². The molecule has 0 fully saturated rings. The molecule has 1 atom stereocenters. The van der Waals surface area contributed by atoms with Crippen molar-refractivity contribution in [3.63, 3.8) is 0 Å². The molecule has 4 nitrogen and oxygen atoms in total. The van der Waals surface area contributed by atoms with Crippen LogP contribution in [-0.4, -0.2) is 49.3 Å². The lowest BCUT2D eigenvalue weighted by Crippen LogP contribution is -2.35. The summed E-state index contributed by atoms with van der Waals surface area (Å²) in [5.41, 5.74) is 0.480. The van der Waals surface area contributed by atoms with E-state index in [9.17, 15) is 14.3 Å². The fourth-order valence-corrected chi connectivity index (χ4v) is 3.12. The second-order valence-corrected chi connectivity index (χ2v) is 6.02. The van der Waals surface area contributed by atoms with Crippen molar-refractivity contribution < 1.29 is 19.0 Å². The van der Waals surface area contributed by atoms with E-state index in [1.165, 1.54) is 29.4 Å². The summed E-state index contributed by atoms with van der Waals surface area (Å²) in [5.74, 6) is -0.519. The number of ether oxygens (including phenoxy) is 1. The average Bonchev–Trinajstić information content (AvgIpc) is 2.96. The summed E-state index contributed by atoms with van der Waals surface area (Å²) in [6, 6.07) is 9.87. The maximum absolute atomic E-state index is 13.8. The van der Waals surface area contributed by atoms with Crippen molar-refractivity contribution in [2.24, 2.45) is 0 Å². The number of aliphatic hydroxyl groups is 1. The average molecular weight is 323 g/mol. The van der Waals surface area contributed by atoms with Gasteiger partial charge in [-0.1, -0.05) is 18.2 Å². The van der Waals surface area contributed by atoms with E-state index in [1.54, 1.807) is 37.4 Å². The summed E-state index contributed by atoms with van der Waals surface area (Å²) in [7, 11) is 3.11. The van der Waals surface area contributed by atoms with Crippen molar-refractivity contribution in [3.8, 4) is 10.4 Å². The Bertz CT molecular complexity index is 644.